The highest BCUT2D eigenvalue weighted by Gasteiger charge is 2.19. The van der Waals surface area contributed by atoms with Crippen molar-refractivity contribution in [1.29, 1.82) is 0 Å². The zero-order valence-corrected chi connectivity index (χ0v) is 14.2. The van der Waals surface area contributed by atoms with E-state index in [0.29, 0.717) is 27.7 Å². The molecular formula is C17H18N4O2S. The van der Waals surface area contributed by atoms with Crippen molar-refractivity contribution in [3.63, 3.8) is 0 Å². The smallest absolute Gasteiger partial charge is 0.290 e. The molecule has 0 unspecified atom stereocenters. The van der Waals surface area contributed by atoms with Gasteiger partial charge in [0.15, 0.2) is 5.82 Å². The third-order valence-corrected chi connectivity index (χ3v) is 5.34. The number of nitrogens with zero attached hydrogens (tertiary/aromatic N) is 3. The van der Waals surface area contributed by atoms with Gasteiger partial charge in [0.2, 0.25) is 0 Å². The third-order valence-electron chi connectivity index (χ3n) is 4.45. The summed E-state index contributed by atoms with van der Waals surface area (Å²) in [5.74, 6) is 1.83. The summed E-state index contributed by atoms with van der Waals surface area (Å²) >= 11 is 1.42. The number of rotatable bonds is 5. The monoisotopic (exact) mass is 342 g/mol. The maximum absolute atomic E-state index is 12.9. The Labute approximate surface area is 143 Å². The van der Waals surface area contributed by atoms with Gasteiger partial charge in [-0.15, -0.1) is 11.3 Å². The van der Waals surface area contributed by atoms with Gasteiger partial charge in [0, 0.05) is 18.3 Å². The summed E-state index contributed by atoms with van der Waals surface area (Å²) < 4.78 is 7.47. The molecule has 6 nitrogen and oxygen atoms in total. The molecule has 124 valence electrons. The number of pyridine rings is 1. The molecule has 1 aliphatic rings. The third kappa shape index (κ3) is 2.65. The van der Waals surface area contributed by atoms with Crippen LogP contribution in [0.4, 0.5) is 0 Å². The maximum Gasteiger partial charge on any atom is 0.290 e. The lowest BCUT2D eigenvalue weighted by atomic mass is 9.86. The Morgan fingerprint density at radius 1 is 1.42 bits per heavy atom. The van der Waals surface area contributed by atoms with Crippen LogP contribution in [0.15, 0.2) is 34.7 Å². The largest absolute Gasteiger partial charge is 0.495 e. The van der Waals surface area contributed by atoms with E-state index in [1.54, 1.807) is 24.2 Å². The second kappa shape index (κ2) is 6.24. The van der Waals surface area contributed by atoms with Gasteiger partial charge in [-0.25, -0.2) is 9.66 Å². The summed E-state index contributed by atoms with van der Waals surface area (Å²) in [6.07, 6.45) is 7.04. The number of thiophene rings is 1. The molecule has 3 aromatic rings. The lowest BCUT2D eigenvalue weighted by molar-refractivity contribution is 0.326. The van der Waals surface area contributed by atoms with E-state index in [-0.39, 0.29) is 5.56 Å². The molecule has 1 aliphatic carbocycles. The van der Waals surface area contributed by atoms with Gasteiger partial charge in [0.25, 0.3) is 5.56 Å². The number of hydrogen-bond acceptors (Lipinski definition) is 6. The maximum atomic E-state index is 12.9. The molecule has 4 rings (SSSR count). The van der Waals surface area contributed by atoms with Crippen LogP contribution in [0.25, 0.3) is 21.6 Å². The van der Waals surface area contributed by atoms with E-state index in [1.807, 2.05) is 17.5 Å². The van der Waals surface area contributed by atoms with Gasteiger partial charge in [-0.1, -0.05) is 6.42 Å². The molecule has 0 saturated heterocycles. The Hall–Kier alpha value is -2.41. The van der Waals surface area contributed by atoms with Crippen molar-refractivity contribution in [3.05, 3.63) is 40.3 Å². The topological polar surface area (TPSA) is 69.0 Å². The zero-order chi connectivity index (χ0) is 16.5. The summed E-state index contributed by atoms with van der Waals surface area (Å²) in [6, 6.07) is 3.71. The van der Waals surface area contributed by atoms with Gasteiger partial charge in [0.1, 0.15) is 10.4 Å². The van der Waals surface area contributed by atoms with Crippen molar-refractivity contribution < 1.29 is 4.74 Å². The highest BCUT2D eigenvalue weighted by molar-refractivity contribution is 7.17. The van der Waals surface area contributed by atoms with Gasteiger partial charge in [-0.2, -0.15) is 0 Å². The quantitative estimate of drug-likeness (QED) is 0.772. The van der Waals surface area contributed by atoms with Crippen LogP contribution in [-0.2, 0) is 0 Å². The van der Waals surface area contributed by atoms with E-state index in [9.17, 15) is 4.79 Å². The molecule has 0 amide bonds. The van der Waals surface area contributed by atoms with Crippen LogP contribution in [0.1, 0.15) is 19.3 Å². The fourth-order valence-electron chi connectivity index (χ4n) is 2.82. The van der Waals surface area contributed by atoms with Crippen molar-refractivity contribution in [2.75, 3.05) is 19.1 Å². The molecular weight excluding hydrogens is 324 g/mol. The molecule has 1 saturated carbocycles. The second-order valence-electron chi connectivity index (χ2n) is 5.98. The molecule has 0 atom stereocenters. The highest BCUT2D eigenvalue weighted by Crippen LogP contribution is 2.26. The number of methoxy groups -OCH3 is 1. The van der Waals surface area contributed by atoms with Crippen molar-refractivity contribution in [3.8, 4) is 17.1 Å². The minimum atomic E-state index is -0.0628. The molecule has 3 aromatic heterocycles. The van der Waals surface area contributed by atoms with Gasteiger partial charge in [-0.05, 0) is 36.3 Å². The number of fused-ring (bicyclic) bond motifs is 1. The molecule has 24 heavy (non-hydrogen) atoms. The molecule has 0 spiro atoms. The van der Waals surface area contributed by atoms with Gasteiger partial charge in [0.05, 0.1) is 18.8 Å². The average molecular weight is 342 g/mol. The van der Waals surface area contributed by atoms with Gasteiger partial charge < -0.3 is 10.2 Å². The zero-order valence-electron chi connectivity index (χ0n) is 13.4. The molecule has 0 aliphatic heterocycles. The first-order valence-corrected chi connectivity index (χ1v) is 8.88. The number of aromatic nitrogens is 3. The molecule has 0 bridgehead atoms. The SMILES string of the molecule is COc1cncc(-c2nc3ccsc3c(=O)n2NCC2CCC2)c1. The fraction of sp³-hybridized carbons (Fsp3) is 0.353. The molecule has 7 heteroatoms. The Bertz CT molecular complexity index is 930. The molecule has 0 radical (unpaired) electrons. The molecule has 1 N–H and O–H groups in total. The van der Waals surface area contributed by atoms with Crippen LogP contribution < -0.4 is 15.7 Å². The standard InChI is InChI=1S/C17H18N4O2S/c1-23-13-7-12(9-18-10-13)16-20-14-5-6-24-15(14)17(22)21(16)19-8-11-3-2-4-11/h5-7,9-11,19H,2-4,8H2,1H3. The normalized spacial score (nSPS) is 14.5. The summed E-state index contributed by atoms with van der Waals surface area (Å²) in [6.45, 7) is 0.781. The first kappa shape index (κ1) is 15.1. The Morgan fingerprint density at radius 3 is 3.04 bits per heavy atom. The average Bonchev–Trinajstić information content (AvgIpc) is 3.04. The van der Waals surface area contributed by atoms with E-state index in [0.717, 1.165) is 12.1 Å². The van der Waals surface area contributed by atoms with Crippen molar-refractivity contribution in [1.82, 2.24) is 14.6 Å². The summed E-state index contributed by atoms with van der Waals surface area (Å²) in [5, 5.41) is 1.89. The van der Waals surface area contributed by atoms with Gasteiger partial charge in [-0.3, -0.25) is 9.78 Å². The van der Waals surface area contributed by atoms with Crippen LogP contribution >= 0.6 is 11.3 Å². The predicted octanol–water partition coefficient (Wildman–Crippen LogP) is 2.87. The van der Waals surface area contributed by atoms with E-state index in [1.165, 1.54) is 30.6 Å². The molecule has 3 heterocycles. The molecule has 0 aromatic carbocycles. The Balaban J connectivity index is 1.82. The van der Waals surface area contributed by atoms with Crippen molar-refractivity contribution in [2.24, 2.45) is 5.92 Å². The van der Waals surface area contributed by atoms with E-state index in [4.69, 9.17) is 4.74 Å². The van der Waals surface area contributed by atoms with Crippen molar-refractivity contribution >= 4 is 21.6 Å². The van der Waals surface area contributed by atoms with Gasteiger partial charge >= 0.3 is 0 Å². The van der Waals surface area contributed by atoms with Crippen LogP contribution in [0.3, 0.4) is 0 Å². The van der Waals surface area contributed by atoms with Crippen LogP contribution in [0.2, 0.25) is 0 Å². The number of ether oxygens (including phenoxy) is 1. The minimum Gasteiger partial charge on any atom is -0.495 e. The minimum absolute atomic E-state index is 0.0628. The van der Waals surface area contributed by atoms with Crippen molar-refractivity contribution in [2.45, 2.75) is 19.3 Å². The number of nitrogens with one attached hydrogen (secondary N) is 1. The summed E-state index contributed by atoms with van der Waals surface area (Å²) in [5.41, 5.74) is 4.68. The molecule has 1 fully saturated rings. The highest BCUT2D eigenvalue weighted by atomic mass is 32.1. The Kier molecular flexibility index (Phi) is 3.93. The van der Waals surface area contributed by atoms with Crippen LogP contribution in [0.5, 0.6) is 5.75 Å². The van der Waals surface area contributed by atoms with E-state index in [2.05, 4.69) is 15.4 Å². The predicted molar refractivity (Wildman–Crippen MR) is 95.2 cm³/mol. The lowest BCUT2D eigenvalue weighted by Gasteiger charge is -2.26. The number of hydrogen-bond donors (Lipinski definition) is 1. The fourth-order valence-corrected chi connectivity index (χ4v) is 3.58. The first-order chi connectivity index (χ1) is 11.8. The van der Waals surface area contributed by atoms with Crippen LogP contribution in [-0.4, -0.2) is 28.3 Å². The van der Waals surface area contributed by atoms with E-state index < -0.39 is 0 Å². The first-order valence-electron chi connectivity index (χ1n) is 8.00. The summed E-state index contributed by atoms with van der Waals surface area (Å²) in [7, 11) is 1.60. The van der Waals surface area contributed by atoms with E-state index >= 15 is 0 Å². The second-order valence-corrected chi connectivity index (χ2v) is 6.90. The lowest BCUT2D eigenvalue weighted by Crippen LogP contribution is -2.35. The summed E-state index contributed by atoms with van der Waals surface area (Å²) in [4.78, 5) is 21.7. The van der Waals surface area contributed by atoms with Crippen LogP contribution in [0, 0.1) is 5.92 Å². The Morgan fingerprint density at radius 2 is 2.29 bits per heavy atom.